The van der Waals surface area contributed by atoms with Gasteiger partial charge in [-0.1, -0.05) is 6.07 Å². The number of aromatic amines is 1. The van der Waals surface area contributed by atoms with Crippen LogP contribution in [0.3, 0.4) is 0 Å². The van der Waals surface area contributed by atoms with Gasteiger partial charge in [0.1, 0.15) is 6.54 Å². The van der Waals surface area contributed by atoms with Crippen molar-refractivity contribution in [3.05, 3.63) is 40.5 Å². The highest BCUT2D eigenvalue weighted by Gasteiger charge is 2.44. The first kappa shape index (κ1) is 17.4. The van der Waals surface area contributed by atoms with Crippen LogP contribution in [0.1, 0.15) is 25.7 Å². The number of hydrogen-bond acceptors (Lipinski definition) is 6. The molecule has 1 amide bonds. The number of carbonyl (C=O) groups is 1. The Bertz CT molecular complexity index is 1080. The van der Waals surface area contributed by atoms with Crippen molar-refractivity contribution in [2.75, 3.05) is 5.32 Å². The van der Waals surface area contributed by atoms with Crippen LogP contribution in [0, 0.1) is 4.77 Å². The van der Waals surface area contributed by atoms with Gasteiger partial charge in [0.2, 0.25) is 5.91 Å². The molecule has 0 bridgehead atoms. The lowest BCUT2D eigenvalue weighted by molar-refractivity contribution is -0.116. The number of nitrogens with zero attached hydrogens (tertiary/aromatic N) is 2. The molecule has 5 rings (SSSR count). The lowest BCUT2D eigenvalue weighted by Gasteiger charge is -2.21. The molecule has 2 aromatic heterocycles. The largest absolute Gasteiger partial charge is 0.448 e. The Morgan fingerprint density at radius 1 is 1.29 bits per heavy atom. The number of fused-ring (bicyclic) bond motifs is 1. The van der Waals surface area contributed by atoms with E-state index in [2.05, 4.69) is 15.5 Å². The quantitative estimate of drug-likeness (QED) is 0.621. The molecule has 1 spiro atoms. The summed E-state index contributed by atoms with van der Waals surface area (Å²) in [5, 5.41) is 11.9. The molecule has 1 fully saturated rings. The number of rotatable bonds is 4. The van der Waals surface area contributed by atoms with Gasteiger partial charge < -0.3 is 14.8 Å². The second kappa shape index (κ2) is 6.75. The van der Waals surface area contributed by atoms with Crippen molar-refractivity contribution in [2.24, 2.45) is 0 Å². The minimum atomic E-state index is -0.509. The molecule has 1 aromatic carbocycles. The van der Waals surface area contributed by atoms with Gasteiger partial charge in [0.25, 0.3) is 5.79 Å². The molecule has 9 heteroatoms. The second-order valence-corrected chi connectivity index (χ2v) is 8.28. The van der Waals surface area contributed by atoms with Crippen LogP contribution in [0.2, 0.25) is 0 Å². The molecule has 1 aliphatic heterocycles. The number of amides is 1. The molecule has 2 N–H and O–H groups in total. The highest BCUT2D eigenvalue weighted by molar-refractivity contribution is 7.71. The van der Waals surface area contributed by atoms with E-state index in [1.165, 1.54) is 0 Å². The molecule has 1 saturated carbocycles. The smallest absolute Gasteiger partial charge is 0.251 e. The van der Waals surface area contributed by atoms with Gasteiger partial charge in [-0.25, -0.2) is 0 Å². The maximum atomic E-state index is 12.6. The van der Waals surface area contributed by atoms with Crippen LogP contribution < -0.4 is 14.8 Å². The first-order valence-electron chi connectivity index (χ1n) is 9.13. The molecule has 0 unspecified atom stereocenters. The van der Waals surface area contributed by atoms with Gasteiger partial charge >= 0.3 is 0 Å². The fourth-order valence-electron chi connectivity index (χ4n) is 3.69. The summed E-state index contributed by atoms with van der Waals surface area (Å²) >= 11 is 6.83. The molecule has 3 heterocycles. The maximum absolute atomic E-state index is 12.6. The minimum Gasteiger partial charge on any atom is -0.448 e. The third-order valence-corrected chi connectivity index (χ3v) is 6.16. The third-order valence-electron chi connectivity index (χ3n) is 4.99. The summed E-state index contributed by atoms with van der Waals surface area (Å²) in [6.07, 6.45) is 4.01. The molecule has 144 valence electrons. The molecule has 7 nitrogen and oxygen atoms in total. The van der Waals surface area contributed by atoms with Gasteiger partial charge in [0.05, 0.1) is 4.88 Å². The van der Waals surface area contributed by atoms with E-state index in [9.17, 15) is 4.79 Å². The standard InChI is InChI=1S/C19H18N4O3S2/c24-16(11-23-17(21-22-18(23)27)15-4-3-9-28-15)20-12-5-6-13-14(10-12)26-19(25-13)7-1-2-8-19/h3-6,9-10H,1-2,7-8,11H2,(H,20,24)(H,22,27). The number of thiophene rings is 1. The summed E-state index contributed by atoms with van der Waals surface area (Å²) in [6, 6.07) is 9.36. The van der Waals surface area contributed by atoms with Crippen molar-refractivity contribution in [2.45, 2.75) is 38.0 Å². The lowest BCUT2D eigenvalue weighted by atomic mass is 10.2. The summed E-state index contributed by atoms with van der Waals surface area (Å²) in [4.78, 5) is 13.6. The number of carbonyl (C=O) groups excluding carboxylic acids is 1. The predicted octanol–water partition coefficient (Wildman–Crippen LogP) is 4.35. The zero-order valence-electron chi connectivity index (χ0n) is 14.9. The highest BCUT2D eigenvalue weighted by Crippen LogP contribution is 2.47. The molecule has 0 radical (unpaired) electrons. The van der Waals surface area contributed by atoms with Gasteiger partial charge in [-0.2, -0.15) is 5.10 Å². The number of anilines is 1. The van der Waals surface area contributed by atoms with Crippen LogP contribution in [0.5, 0.6) is 11.5 Å². The van der Waals surface area contributed by atoms with Crippen LogP contribution in [0.15, 0.2) is 35.7 Å². The van der Waals surface area contributed by atoms with Crippen molar-refractivity contribution >= 4 is 35.1 Å². The third kappa shape index (κ3) is 3.10. The zero-order chi connectivity index (χ0) is 19.1. The van der Waals surface area contributed by atoms with Crippen molar-refractivity contribution in [3.63, 3.8) is 0 Å². The SMILES string of the molecule is O=C(Cn1c(-c2cccs2)n[nH]c1=S)Nc1ccc2c(c1)OC1(CCCC1)O2. The average Bonchev–Trinajstić information content (AvgIpc) is 3.44. The van der Waals surface area contributed by atoms with Gasteiger partial charge in [0.15, 0.2) is 22.1 Å². The summed E-state index contributed by atoms with van der Waals surface area (Å²) in [5.74, 6) is 1.37. The highest BCUT2D eigenvalue weighted by atomic mass is 32.1. The Balaban J connectivity index is 1.32. The van der Waals surface area contributed by atoms with Crippen LogP contribution in [0.25, 0.3) is 10.7 Å². The lowest BCUT2D eigenvalue weighted by Crippen LogP contribution is -2.34. The maximum Gasteiger partial charge on any atom is 0.251 e. The Hall–Kier alpha value is -2.65. The van der Waals surface area contributed by atoms with E-state index in [0.29, 0.717) is 22.0 Å². The second-order valence-electron chi connectivity index (χ2n) is 6.95. The average molecular weight is 415 g/mol. The summed E-state index contributed by atoms with van der Waals surface area (Å²) in [5.41, 5.74) is 0.662. The van der Waals surface area contributed by atoms with Crippen molar-refractivity contribution in [1.82, 2.24) is 14.8 Å². The molecule has 1 aliphatic carbocycles. The topological polar surface area (TPSA) is 81.2 Å². The predicted molar refractivity (Wildman–Crippen MR) is 108 cm³/mol. The van der Waals surface area contributed by atoms with Crippen LogP contribution in [0.4, 0.5) is 5.69 Å². The first-order chi connectivity index (χ1) is 13.6. The molecule has 0 saturated heterocycles. The number of benzene rings is 1. The Morgan fingerprint density at radius 2 is 2.11 bits per heavy atom. The van der Waals surface area contributed by atoms with E-state index in [1.54, 1.807) is 15.9 Å². The fourth-order valence-corrected chi connectivity index (χ4v) is 4.61. The van der Waals surface area contributed by atoms with Crippen LogP contribution >= 0.6 is 23.6 Å². The Labute approximate surface area is 170 Å². The van der Waals surface area contributed by atoms with E-state index in [0.717, 1.165) is 36.3 Å². The molecule has 3 aromatic rings. The number of hydrogen-bond donors (Lipinski definition) is 2. The van der Waals surface area contributed by atoms with E-state index >= 15 is 0 Å². The molecule has 0 atom stereocenters. The van der Waals surface area contributed by atoms with Gasteiger partial charge in [-0.05, 0) is 48.6 Å². The number of aromatic nitrogens is 3. The molecular weight excluding hydrogens is 396 g/mol. The van der Waals surface area contributed by atoms with Crippen molar-refractivity contribution in [1.29, 1.82) is 0 Å². The molecular formula is C19H18N4O3S2. The Morgan fingerprint density at radius 3 is 2.89 bits per heavy atom. The molecule has 28 heavy (non-hydrogen) atoms. The normalized spacial score (nSPS) is 16.6. The van der Waals surface area contributed by atoms with Crippen molar-refractivity contribution in [3.8, 4) is 22.2 Å². The van der Waals surface area contributed by atoms with Crippen molar-refractivity contribution < 1.29 is 14.3 Å². The van der Waals surface area contributed by atoms with Crippen LogP contribution in [-0.4, -0.2) is 26.5 Å². The minimum absolute atomic E-state index is 0.0704. The van der Waals surface area contributed by atoms with E-state index in [-0.39, 0.29) is 12.5 Å². The zero-order valence-corrected chi connectivity index (χ0v) is 16.6. The monoisotopic (exact) mass is 414 g/mol. The Kier molecular flexibility index (Phi) is 4.21. The first-order valence-corrected chi connectivity index (χ1v) is 10.4. The summed E-state index contributed by atoms with van der Waals surface area (Å²) < 4.78 is 14.2. The van der Waals surface area contributed by atoms with Gasteiger partial charge in [-0.15, -0.1) is 11.3 Å². The van der Waals surface area contributed by atoms with E-state index in [1.807, 2.05) is 35.7 Å². The molecule has 2 aliphatic rings. The number of ether oxygens (including phenoxy) is 2. The fraction of sp³-hybridized carbons (Fsp3) is 0.316. The number of nitrogens with one attached hydrogen (secondary N) is 2. The van der Waals surface area contributed by atoms with Gasteiger partial charge in [-0.3, -0.25) is 14.5 Å². The van der Waals surface area contributed by atoms with Crippen LogP contribution in [-0.2, 0) is 11.3 Å². The van der Waals surface area contributed by atoms with Gasteiger partial charge in [0, 0.05) is 24.6 Å². The van der Waals surface area contributed by atoms with E-state index < -0.39 is 5.79 Å². The number of H-pyrrole nitrogens is 1. The summed E-state index contributed by atoms with van der Waals surface area (Å²) in [6.45, 7) is 0.0704. The summed E-state index contributed by atoms with van der Waals surface area (Å²) in [7, 11) is 0. The van der Waals surface area contributed by atoms with E-state index in [4.69, 9.17) is 21.7 Å².